The number of methoxy groups -OCH3 is 1. The van der Waals surface area contributed by atoms with Crippen molar-refractivity contribution in [1.82, 2.24) is 4.90 Å². The maximum absolute atomic E-state index is 13.6. The van der Waals surface area contributed by atoms with E-state index in [1.54, 1.807) is 24.1 Å². The molecule has 4 aromatic carbocycles. The van der Waals surface area contributed by atoms with Crippen LogP contribution in [0.5, 0.6) is 11.5 Å². The molecule has 4 aliphatic heterocycles. The molecule has 244 valence electrons. The zero-order chi connectivity index (χ0) is 32.4. The zero-order valence-electron chi connectivity index (χ0n) is 26.9. The van der Waals surface area contributed by atoms with Gasteiger partial charge >= 0.3 is 0 Å². The number of rotatable bonds is 12. The molecule has 4 aromatic rings. The van der Waals surface area contributed by atoms with Gasteiger partial charge in [0.1, 0.15) is 30.5 Å². The standard InChI is InChI=1S/C39H43FN3O4/c1-46-34-14-8-31(9-15-34)38-36(39(45)42(38)33-12-10-32(40)11-13-33)18-19-37(44)30-6-16-35(17-7-30)47-27-29-4-2-28(3-5-29)26-43-23-20-41(21-24-43)22-25-43/h2-17,36-38,44H,18-27H2,1H3/q+1. The minimum atomic E-state index is -0.713. The number of quaternary nitrogens is 1. The lowest BCUT2D eigenvalue weighted by atomic mass is 9.78. The van der Waals surface area contributed by atoms with Gasteiger partial charge in [-0.25, -0.2) is 4.39 Å². The Hall–Kier alpha value is -4.24. The van der Waals surface area contributed by atoms with Crippen molar-refractivity contribution < 1.29 is 28.2 Å². The van der Waals surface area contributed by atoms with Crippen LogP contribution in [0.25, 0.3) is 0 Å². The molecule has 8 rings (SSSR count). The van der Waals surface area contributed by atoms with Gasteiger partial charge in [-0.05, 0) is 78.1 Å². The number of aliphatic hydroxyl groups excluding tert-OH is 1. The molecule has 4 fully saturated rings. The van der Waals surface area contributed by atoms with Crippen molar-refractivity contribution >= 4 is 11.6 Å². The molecular weight excluding hydrogens is 593 g/mol. The van der Waals surface area contributed by atoms with Crippen molar-refractivity contribution in [2.75, 3.05) is 51.3 Å². The van der Waals surface area contributed by atoms with Gasteiger partial charge in [0, 0.05) is 30.9 Å². The molecule has 2 bridgehead atoms. The average molecular weight is 637 g/mol. The van der Waals surface area contributed by atoms with E-state index in [0.29, 0.717) is 25.1 Å². The Morgan fingerprint density at radius 3 is 2.09 bits per heavy atom. The fourth-order valence-corrected chi connectivity index (χ4v) is 7.46. The summed E-state index contributed by atoms with van der Waals surface area (Å²) < 4.78 is 26.2. The Kier molecular flexibility index (Phi) is 8.99. The molecular formula is C39H43FN3O4+. The van der Waals surface area contributed by atoms with Gasteiger partial charge in [-0.15, -0.1) is 0 Å². The number of nitrogens with zero attached hydrogens (tertiary/aromatic N) is 3. The van der Waals surface area contributed by atoms with Gasteiger partial charge < -0.3 is 24.0 Å². The van der Waals surface area contributed by atoms with Gasteiger partial charge in [0.15, 0.2) is 0 Å². The highest BCUT2D eigenvalue weighted by atomic mass is 19.1. The highest BCUT2D eigenvalue weighted by molar-refractivity contribution is 6.03. The number of fused-ring (bicyclic) bond motifs is 3. The molecule has 0 saturated carbocycles. The first kappa shape index (κ1) is 31.4. The number of carbonyl (C=O) groups excluding carboxylic acids is 1. The number of hydrogen-bond acceptors (Lipinski definition) is 5. The van der Waals surface area contributed by atoms with Crippen molar-refractivity contribution in [2.24, 2.45) is 5.92 Å². The van der Waals surface area contributed by atoms with Crippen LogP contribution in [0.1, 0.15) is 47.2 Å². The molecule has 4 saturated heterocycles. The number of halogens is 1. The normalized spacial score (nSPS) is 24.1. The van der Waals surface area contributed by atoms with E-state index in [-0.39, 0.29) is 23.7 Å². The summed E-state index contributed by atoms with van der Waals surface area (Å²) in [6.07, 6.45) is 0.238. The van der Waals surface area contributed by atoms with E-state index in [1.165, 1.54) is 61.4 Å². The van der Waals surface area contributed by atoms with Gasteiger partial charge in [0.2, 0.25) is 5.91 Å². The number of amides is 1. The minimum absolute atomic E-state index is 0.0283. The van der Waals surface area contributed by atoms with E-state index in [9.17, 15) is 14.3 Å². The van der Waals surface area contributed by atoms with E-state index in [4.69, 9.17) is 9.47 Å². The molecule has 8 heteroatoms. The maximum Gasteiger partial charge on any atom is 0.233 e. The maximum atomic E-state index is 13.6. The molecule has 0 aliphatic carbocycles. The monoisotopic (exact) mass is 636 g/mol. The summed E-state index contributed by atoms with van der Waals surface area (Å²) in [6, 6.07) is 29.9. The summed E-state index contributed by atoms with van der Waals surface area (Å²) in [7, 11) is 1.62. The number of hydrogen-bond donors (Lipinski definition) is 1. The van der Waals surface area contributed by atoms with Gasteiger partial charge in [-0.1, -0.05) is 48.5 Å². The smallest absolute Gasteiger partial charge is 0.233 e. The second-order valence-electron chi connectivity index (χ2n) is 13.3. The summed E-state index contributed by atoms with van der Waals surface area (Å²) in [5, 5.41) is 11.1. The first-order chi connectivity index (χ1) is 22.9. The Morgan fingerprint density at radius 1 is 0.830 bits per heavy atom. The summed E-state index contributed by atoms with van der Waals surface area (Å²) in [4.78, 5) is 17.7. The number of aliphatic hydroxyl groups is 1. The fourth-order valence-electron chi connectivity index (χ4n) is 7.46. The van der Waals surface area contributed by atoms with Gasteiger partial charge in [-0.3, -0.25) is 9.69 Å². The third kappa shape index (κ3) is 6.77. The lowest BCUT2D eigenvalue weighted by molar-refractivity contribution is -0.953. The van der Waals surface area contributed by atoms with Crippen molar-refractivity contribution in [3.8, 4) is 11.5 Å². The molecule has 0 radical (unpaired) electrons. The lowest BCUT2D eigenvalue weighted by Crippen LogP contribution is -2.66. The van der Waals surface area contributed by atoms with Gasteiger partial charge in [0.25, 0.3) is 0 Å². The predicted molar refractivity (Wildman–Crippen MR) is 180 cm³/mol. The Labute approximate surface area is 276 Å². The molecule has 4 heterocycles. The molecule has 47 heavy (non-hydrogen) atoms. The van der Waals surface area contributed by atoms with E-state index in [1.807, 2.05) is 48.5 Å². The Morgan fingerprint density at radius 2 is 1.45 bits per heavy atom. The predicted octanol–water partition coefficient (Wildman–Crippen LogP) is 6.28. The summed E-state index contributed by atoms with van der Waals surface area (Å²) in [6.45, 7) is 9.05. The van der Waals surface area contributed by atoms with E-state index < -0.39 is 6.10 Å². The van der Waals surface area contributed by atoms with Crippen LogP contribution < -0.4 is 14.4 Å². The zero-order valence-corrected chi connectivity index (χ0v) is 26.9. The number of anilines is 1. The van der Waals surface area contributed by atoms with Crippen LogP contribution in [-0.2, 0) is 17.9 Å². The van der Waals surface area contributed by atoms with Crippen LogP contribution in [0.2, 0.25) is 0 Å². The third-order valence-corrected chi connectivity index (χ3v) is 10.4. The molecule has 7 nitrogen and oxygen atoms in total. The molecule has 4 aliphatic rings. The van der Waals surface area contributed by atoms with Crippen LogP contribution in [0, 0.1) is 11.7 Å². The van der Waals surface area contributed by atoms with Crippen molar-refractivity contribution in [1.29, 1.82) is 0 Å². The third-order valence-electron chi connectivity index (χ3n) is 10.4. The van der Waals surface area contributed by atoms with E-state index in [2.05, 4.69) is 29.2 Å². The van der Waals surface area contributed by atoms with Crippen molar-refractivity contribution in [3.05, 3.63) is 125 Å². The van der Waals surface area contributed by atoms with Crippen LogP contribution in [0.15, 0.2) is 97.1 Å². The molecule has 0 aromatic heterocycles. The molecule has 3 atom stereocenters. The second-order valence-corrected chi connectivity index (χ2v) is 13.3. The van der Waals surface area contributed by atoms with Crippen molar-refractivity contribution in [3.63, 3.8) is 0 Å². The summed E-state index contributed by atoms with van der Waals surface area (Å²) >= 11 is 0. The highest BCUT2D eigenvalue weighted by Crippen LogP contribution is 2.46. The summed E-state index contributed by atoms with van der Waals surface area (Å²) in [5.74, 6) is 0.810. The first-order valence-corrected chi connectivity index (χ1v) is 16.7. The molecule has 1 amide bonds. The molecule has 1 N–H and O–H groups in total. The lowest BCUT2D eigenvalue weighted by Gasteiger charge is -2.50. The first-order valence-electron chi connectivity index (χ1n) is 16.7. The fraction of sp³-hybridized carbons (Fsp3) is 0.359. The molecule has 3 unspecified atom stereocenters. The minimum Gasteiger partial charge on any atom is -0.497 e. The number of carbonyl (C=O) groups is 1. The number of piperazine rings is 3. The number of benzene rings is 4. The largest absolute Gasteiger partial charge is 0.497 e. The SMILES string of the molecule is COc1ccc(C2C(CCC(O)c3ccc(OCc4ccc(C[N+]56CCN(CC5)CC6)cc4)cc3)C(=O)N2c2ccc(F)cc2)cc1. The van der Waals surface area contributed by atoms with Gasteiger partial charge in [-0.2, -0.15) is 0 Å². The van der Waals surface area contributed by atoms with Crippen LogP contribution in [-0.4, -0.2) is 66.8 Å². The van der Waals surface area contributed by atoms with Crippen LogP contribution in [0.3, 0.4) is 0 Å². The average Bonchev–Trinajstić information content (AvgIpc) is 3.12. The quantitative estimate of drug-likeness (QED) is 0.147. The Bertz CT molecular complexity index is 1640. The Balaban J connectivity index is 0.934. The highest BCUT2D eigenvalue weighted by Gasteiger charge is 2.48. The van der Waals surface area contributed by atoms with Crippen molar-refractivity contribution in [2.45, 2.75) is 38.1 Å². The molecule has 0 spiro atoms. The number of ether oxygens (including phenoxy) is 2. The second kappa shape index (κ2) is 13.5. The topological polar surface area (TPSA) is 62.2 Å². The van der Waals surface area contributed by atoms with Crippen LogP contribution >= 0.6 is 0 Å². The van der Waals surface area contributed by atoms with E-state index >= 15 is 0 Å². The summed E-state index contributed by atoms with van der Waals surface area (Å²) in [5.41, 5.74) is 4.94. The van der Waals surface area contributed by atoms with Gasteiger partial charge in [0.05, 0.1) is 44.8 Å². The van der Waals surface area contributed by atoms with E-state index in [0.717, 1.165) is 34.7 Å². The van der Waals surface area contributed by atoms with Crippen LogP contribution in [0.4, 0.5) is 10.1 Å². The number of β-lactam (4-membered cyclic amide) rings is 1.